The minimum Gasteiger partial charge on any atom is -0.497 e. The number of ketones is 1. The molecule has 0 saturated heterocycles. The van der Waals surface area contributed by atoms with Crippen molar-refractivity contribution in [1.29, 1.82) is 0 Å². The molecule has 0 radical (unpaired) electrons. The normalized spacial score (nSPS) is 16.6. The maximum Gasteiger partial charge on any atom is 0.169 e. The summed E-state index contributed by atoms with van der Waals surface area (Å²) in [6.45, 7) is 0. The van der Waals surface area contributed by atoms with Crippen LogP contribution in [0.5, 0.6) is 5.75 Å². The Balaban J connectivity index is 1.80. The molecule has 0 spiro atoms. The number of benzene rings is 1. The number of ether oxygens (including phenoxy) is 1. The summed E-state index contributed by atoms with van der Waals surface area (Å²) in [5, 5.41) is 7.66. The molecule has 1 N–H and O–H groups in total. The van der Waals surface area contributed by atoms with Gasteiger partial charge in [0.25, 0.3) is 0 Å². The molecule has 0 amide bonds. The number of fused-ring (bicyclic) bond motifs is 1. The lowest BCUT2D eigenvalue weighted by Crippen LogP contribution is -2.20. The third-order valence-corrected chi connectivity index (χ3v) is 4.63. The smallest absolute Gasteiger partial charge is 0.169 e. The molecule has 128 valence electrons. The second-order valence-corrected chi connectivity index (χ2v) is 6.07. The SMILES string of the molecule is CNc1nn(-c2ccc(OC)cc2)c2c1C(=O)C[C@H](c1ccco1)C2. The van der Waals surface area contributed by atoms with Crippen molar-refractivity contribution in [2.45, 2.75) is 18.8 Å². The molecule has 1 aliphatic carbocycles. The van der Waals surface area contributed by atoms with E-state index in [1.54, 1.807) is 20.4 Å². The van der Waals surface area contributed by atoms with E-state index in [0.29, 0.717) is 24.2 Å². The topological polar surface area (TPSA) is 69.3 Å². The fourth-order valence-corrected chi connectivity index (χ4v) is 3.40. The van der Waals surface area contributed by atoms with Gasteiger partial charge in [0.1, 0.15) is 11.5 Å². The number of furan rings is 1. The lowest BCUT2D eigenvalue weighted by molar-refractivity contribution is 0.0960. The zero-order valence-electron chi connectivity index (χ0n) is 14.2. The van der Waals surface area contributed by atoms with Crippen LogP contribution in [0.4, 0.5) is 5.82 Å². The van der Waals surface area contributed by atoms with Crippen molar-refractivity contribution in [2.24, 2.45) is 0 Å². The molecule has 25 heavy (non-hydrogen) atoms. The van der Waals surface area contributed by atoms with E-state index in [2.05, 4.69) is 10.4 Å². The van der Waals surface area contributed by atoms with E-state index < -0.39 is 0 Å². The van der Waals surface area contributed by atoms with Gasteiger partial charge in [0, 0.05) is 25.8 Å². The second-order valence-electron chi connectivity index (χ2n) is 6.07. The summed E-state index contributed by atoms with van der Waals surface area (Å²) in [5.74, 6) is 2.37. The Labute approximate surface area is 145 Å². The average Bonchev–Trinajstić information content (AvgIpc) is 3.29. The van der Waals surface area contributed by atoms with Gasteiger partial charge in [0.2, 0.25) is 0 Å². The largest absolute Gasteiger partial charge is 0.497 e. The van der Waals surface area contributed by atoms with Gasteiger partial charge >= 0.3 is 0 Å². The molecule has 0 fully saturated rings. The summed E-state index contributed by atoms with van der Waals surface area (Å²) in [6.07, 6.45) is 2.79. The van der Waals surface area contributed by atoms with E-state index in [1.165, 1.54) is 0 Å². The summed E-state index contributed by atoms with van der Waals surface area (Å²) in [5.41, 5.74) is 2.49. The fourth-order valence-electron chi connectivity index (χ4n) is 3.40. The van der Waals surface area contributed by atoms with E-state index in [9.17, 15) is 4.79 Å². The van der Waals surface area contributed by atoms with Crippen molar-refractivity contribution < 1.29 is 13.9 Å². The first-order chi connectivity index (χ1) is 12.2. The van der Waals surface area contributed by atoms with Crippen LogP contribution in [0, 0.1) is 0 Å². The Morgan fingerprint density at radius 2 is 2.04 bits per heavy atom. The van der Waals surface area contributed by atoms with E-state index in [4.69, 9.17) is 9.15 Å². The highest BCUT2D eigenvalue weighted by atomic mass is 16.5. The maximum atomic E-state index is 12.8. The molecule has 0 bridgehead atoms. The van der Waals surface area contributed by atoms with Gasteiger partial charge in [0.05, 0.1) is 30.3 Å². The standard InChI is InChI=1S/C19H19N3O3/c1-20-19-18-15(10-12(11-16(18)23)17-4-3-9-25-17)22(21-19)13-5-7-14(24-2)8-6-13/h3-9,12H,10-11H2,1-2H3,(H,20,21)/t12-/m1/s1. The highest BCUT2D eigenvalue weighted by Gasteiger charge is 2.34. The lowest BCUT2D eigenvalue weighted by Gasteiger charge is -2.21. The molecule has 0 saturated carbocycles. The number of hydrogen-bond acceptors (Lipinski definition) is 5. The molecule has 1 atom stereocenters. The molecule has 1 aromatic carbocycles. The zero-order valence-corrected chi connectivity index (χ0v) is 14.2. The minimum atomic E-state index is 0.0356. The van der Waals surface area contributed by atoms with Crippen molar-refractivity contribution in [2.75, 3.05) is 19.5 Å². The second kappa shape index (κ2) is 6.12. The number of anilines is 1. The van der Waals surface area contributed by atoms with Crippen LogP contribution in [0.3, 0.4) is 0 Å². The number of carbonyl (C=O) groups is 1. The monoisotopic (exact) mass is 337 g/mol. The number of nitrogens with zero attached hydrogens (tertiary/aromatic N) is 2. The molecule has 4 rings (SSSR count). The summed E-state index contributed by atoms with van der Waals surface area (Å²) in [4.78, 5) is 12.8. The molecule has 2 heterocycles. The predicted molar refractivity (Wildman–Crippen MR) is 93.8 cm³/mol. The van der Waals surface area contributed by atoms with Crippen LogP contribution in [0.15, 0.2) is 47.1 Å². The van der Waals surface area contributed by atoms with E-state index >= 15 is 0 Å². The van der Waals surface area contributed by atoms with Crippen molar-refractivity contribution in [3.8, 4) is 11.4 Å². The van der Waals surface area contributed by atoms with Gasteiger partial charge in [-0.05, 0) is 36.4 Å². The number of nitrogens with one attached hydrogen (secondary N) is 1. The Bertz CT molecular complexity index is 895. The van der Waals surface area contributed by atoms with E-state index in [1.807, 2.05) is 41.1 Å². The van der Waals surface area contributed by atoms with E-state index in [-0.39, 0.29) is 11.7 Å². The van der Waals surface area contributed by atoms with Crippen LogP contribution < -0.4 is 10.1 Å². The summed E-state index contributed by atoms with van der Waals surface area (Å²) in [6, 6.07) is 11.4. The highest BCUT2D eigenvalue weighted by molar-refractivity contribution is 6.03. The van der Waals surface area contributed by atoms with Gasteiger partial charge in [-0.1, -0.05) is 0 Å². The number of carbonyl (C=O) groups excluding carboxylic acids is 1. The van der Waals surface area contributed by atoms with Crippen molar-refractivity contribution >= 4 is 11.6 Å². The molecule has 1 aliphatic rings. The molecule has 2 aromatic heterocycles. The van der Waals surface area contributed by atoms with Crippen LogP contribution in [0.1, 0.15) is 34.2 Å². The number of Topliss-reactive ketones (excluding diaryl/α,β-unsaturated/α-hetero) is 1. The van der Waals surface area contributed by atoms with Gasteiger partial charge in [-0.25, -0.2) is 4.68 Å². The van der Waals surface area contributed by atoms with Gasteiger partial charge in [0.15, 0.2) is 11.6 Å². The molecule has 6 heteroatoms. The van der Waals surface area contributed by atoms with Gasteiger partial charge in [-0.15, -0.1) is 5.10 Å². The minimum absolute atomic E-state index is 0.0356. The van der Waals surface area contributed by atoms with Crippen molar-refractivity contribution in [1.82, 2.24) is 9.78 Å². The number of aromatic nitrogens is 2. The van der Waals surface area contributed by atoms with Gasteiger partial charge < -0.3 is 14.5 Å². The first-order valence-corrected chi connectivity index (χ1v) is 8.22. The van der Waals surface area contributed by atoms with Crippen LogP contribution >= 0.6 is 0 Å². The number of rotatable bonds is 4. The van der Waals surface area contributed by atoms with Crippen LogP contribution in [-0.4, -0.2) is 29.7 Å². The fraction of sp³-hybridized carbons (Fsp3) is 0.263. The Kier molecular flexibility index (Phi) is 3.80. The summed E-state index contributed by atoms with van der Waals surface area (Å²) in [7, 11) is 3.42. The van der Waals surface area contributed by atoms with E-state index in [0.717, 1.165) is 22.9 Å². The molecule has 6 nitrogen and oxygen atoms in total. The predicted octanol–water partition coefficient (Wildman–Crippen LogP) is 3.43. The molecule has 0 aliphatic heterocycles. The molecular weight excluding hydrogens is 318 g/mol. The average molecular weight is 337 g/mol. The lowest BCUT2D eigenvalue weighted by atomic mass is 9.85. The van der Waals surface area contributed by atoms with Crippen molar-refractivity contribution in [3.63, 3.8) is 0 Å². The first-order valence-electron chi connectivity index (χ1n) is 8.22. The number of hydrogen-bond donors (Lipinski definition) is 1. The summed E-state index contributed by atoms with van der Waals surface area (Å²) < 4.78 is 12.6. The Morgan fingerprint density at radius 3 is 2.68 bits per heavy atom. The Hall–Kier alpha value is -3.02. The molecule has 0 unspecified atom stereocenters. The molecule has 3 aromatic rings. The third kappa shape index (κ3) is 2.59. The quantitative estimate of drug-likeness (QED) is 0.790. The third-order valence-electron chi connectivity index (χ3n) is 4.63. The maximum absolute atomic E-state index is 12.8. The first kappa shape index (κ1) is 15.5. The highest BCUT2D eigenvalue weighted by Crippen LogP contribution is 2.37. The summed E-state index contributed by atoms with van der Waals surface area (Å²) >= 11 is 0. The van der Waals surface area contributed by atoms with Gasteiger partial charge in [-0.2, -0.15) is 0 Å². The number of methoxy groups -OCH3 is 1. The van der Waals surface area contributed by atoms with Gasteiger partial charge in [-0.3, -0.25) is 4.79 Å². The van der Waals surface area contributed by atoms with Crippen molar-refractivity contribution in [3.05, 3.63) is 59.7 Å². The zero-order chi connectivity index (χ0) is 17.4. The van der Waals surface area contributed by atoms with Crippen LogP contribution in [-0.2, 0) is 6.42 Å². The van der Waals surface area contributed by atoms with Crippen LogP contribution in [0.2, 0.25) is 0 Å². The van der Waals surface area contributed by atoms with Crippen LogP contribution in [0.25, 0.3) is 5.69 Å². The molecular formula is C19H19N3O3. The Morgan fingerprint density at radius 1 is 1.24 bits per heavy atom.